The fraction of sp³-hybridized carbons (Fsp3) is 0.400. The molecule has 1 spiro atoms. The molecule has 0 saturated carbocycles. The Morgan fingerprint density at radius 3 is 3.06 bits per heavy atom. The van der Waals surface area contributed by atoms with Gasteiger partial charge in [-0.2, -0.15) is 10.4 Å². The van der Waals surface area contributed by atoms with Crippen LogP contribution in [0, 0.1) is 17.2 Å². The fourth-order valence-corrected chi connectivity index (χ4v) is 6.32. The van der Waals surface area contributed by atoms with Gasteiger partial charge in [-0.3, -0.25) is 10.4 Å². The Kier molecular flexibility index (Phi) is 4.47. The number of ether oxygens (including phenoxy) is 2. The average molecular weight is 444 g/mol. The van der Waals surface area contributed by atoms with Crippen molar-refractivity contribution in [3.63, 3.8) is 0 Å². The molecule has 2 aliphatic carbocycles. The van der Waals surface area contributed by atoms with Gasteiger partial charge in [-0.1, -0.05) is 18.2 Å². The highest BCUT2D eigenvalue weighted by Gasteiger charge is 2.64. The van der Waals surface area contributed by atoms with E-state index in [-0.39, 0.29) is 29.2 Å². The summed E-state index contributed by atoms with van der Waals surface area (Å²) >= 11 is 0. The molecule has 33 heavy (non-hydrogen) atoms. The molecule has 2 bridgehead atoms. The molecule has 0 unspecified atom stereocenters. The van der Waals surface area contributed by atoms with Crippen LogP contribution in [0.3, 0.4) is 0 Å². The number of anilines is 1. The zero-order valence-corrected chi connectivity index (χ0v) is 18.5. The van der Waals surface area contributed by atoms with Gasteiger partial charge in [0, 0.05) is 35.2 Å². The third-order valence-corrected chi connectivity index (χ3v) is 7.79. The van der Waals surface area contributed by atoms with E-state index < -0.39 is 6.10 Å². The van der Waals surface area contributed by atoms with Crippen molar-refractivity contribution in [2.45, 2.75) is 36.5 Å². The van der Waals surface area contributed by atoms with Crippen molar-refractivity contribution >= 4 is 11.4 Å². The Hall–Kier alpha value is -3.41. The van der Waals surface area contributed by atoms with Crippen molar-refractivity contribution in [3.05, 3.63) is 59.4 Å². The fourth-order valence-electron chi connectivity index (χ4n) is 6.32. The van der Waals surface area contributed by atoms with Crippen molar-refractivity contribution < 1.29 is 14.6 Å². The highest BCUT2D eigenvalue weighted by Crippen LogP contribution is 2.63. The molecule has 1 aromatic heterocycles. The van der Waals surface area contributed by atoms with Gasteiger partial charge in [-0.05, 0) is 44.1 Å². The van der Waals surface area contributed by atoms with Crippen molar-refractivity contribution in [2.24, 2.45) is 11.0 Å². The van der Waals surface area contributed by atoms with Gasteiger partial charge in [0.2, 0.25) is 0 Å². The summed E-state index contributed by atoms with van der Waals surface area (Å²) < 4.78 is 12.2. The third-order valence-electron chi connectivity index (χ3n) is 7.79. The maximum Gasteiger partial charge on any atom is 0.186 e. The summed E-state index contributed by atoms with van der Waals surface area (Å²) in [7, 11) is 3.78. The minimum absolute atomic E-state index is 0.205. The standard InChI is InChI=1S/C25H25N5O3/c1-30-10-8-25-15-6-7-20(31)24(25)33-23-21(32-2)12-17(14(22(23)25)11-19(15)30)28-29-18(13-26)16-5-3-4-9-27-16/h3-7,9,12,15,19-20,24,28,31H,8,10-11H2,1-2H3/b29-18-/t15-,19+,20-,24-,25-/m0/s1. The number of hydrogen-bond donors (Lipinski definition) is 2. The summed E-state index contributed by atoms with van der Waals surface area (Å²) in [5.74, 6) is 1.59. The van der Waals surface area contributed by atoms with E-state index in [1.165, 1.54) is 0 Å². The lowest BCUT2D eigenvalue weighted by atomic mass is 9.53. The Morgan fingerprint density at radius 1 is 1.42 bits per heavy atom. The van der Waals surface area contributed by atoms with Crippen LogP contribution in [-0.2, 0) is 11.8 Å². The summed E-state index contributed by atoms with van der Waals surface area (Å²) in [5, 5.41) is 24.9. The molecule has 8 nitrogen and oxygen atoms in total. The number of aliphatic hydroxyl groups excluding tert-OH is 1. The number of benzene rings is 1. The average Bonchev–Trinajstić information content (AvgIpc) is 3.19. The minimum Gasteiger partial charge on any atom is -0.493 e. The van der Waals surface area contributed by atoms with E-state index in [2.05, 4.69) is 39.6 Å². The highest BCUT2D eigenvalue weighted by molar-refractivity contribution is 6.10. The van der Waals surface area contributed by atoms with Crippen molar-refractivity contribution in [2.75, 3.05) is 26.1 Å². The SMILES string of the molecule is COc1cc(N/N=C(/C#N)c2ccccn2)c2c3c1O[C@H]1[C@@H](O)C=C[C@H]4[C@@H](C2)N(C)CC[C@@]341. The van der Waals surface area contributed by atoms with Crippen LogP contribution in [0.15, 0.2) is 47.7 Å². The van der Waals surface area contributed by atoms with E-state index in [1.807, 2.05) is 18.2 Å². The smallest absolute Gasteiger partial charge is 0.186 e. The first-order chi connectivity index (χ1) is 16.1. The molecule has 3 heterocycles. The van der Waals surface area contributed by atoms with Gasteiger partial charge in [0.15, 0.2) is 17.2 Å². The molecule has 6 rings (SSSR count). The first-order valence-corrected chi connectivity index (χ1v) is 11.2. The molecule has 168 valence electrons. The van der Waals surface area contributed by atoms with Crippen LogP contribution in [0.2, 0.25) is 0 Å². The molecule has 0 amide bonds. The third kappa shape index (κ3) is 2.70. The zero-order chi connectivity index (χ0) is 22.7. The first kappa shape index (κ1) is 20.2. The number of piperidine rings is 1. The molecule has 2 N–H and O–H groups in total. The van der Waals surface area contributed by atoms with Crippen LogP contribution >= 0.6 is 0 Å². The maximum absolute atomic E-state index is 10.9. The van der Waals surface area contributed by atoms with Crippen LogP contribution in [0.25, 0.3) is 0 Å². The van der Waals surface area contributed by atoms with Crippen LogP contribution in [0.4, 0.5) is 5.69 Å². The molecular formula is C25H25N5O3. The summed E-state index contributed by atoms with van der Waals surface area (Å²) in [6.45, 7) is 0.941. The van der Waals surface area contributed by atoms with Gasteiger partial charge in [-0.25, -0.2) is 0 Å². The number of hydrazone groups is 1. The van der Waals surface area contributed by atoms with E-state index in [9.17, 15) is 10.4 Å². The lowest BCUT2D eigenvalue weighted by Gasteiger charge is -2.56. The second-order valence-electron chi connectivity index (χ2n) is 9.19. The Morgan fingerprint density at radius 2 is 2.30 bits per heavy atom. The zero-order valence-electron chi connectivity index (χ0n) is 18.5. The summed E-state index contributed by atoms with van der Waals surface area (Å²) in [6, 6.07) is 9.69. The second kappa shape index (κ2) is 7.30. The van der Waals surface area contributed by atoms with Crippen molar-refractivity contribution in [1.29, 1.82) is 5.26 Å². The normalized spacial score (nSPS) is 31.4. The molecule has 2 aromatic rings. The number of nitrogens with one attached hydrogen (secondary N) is 1. The van der Waals surface area contributed by atoms with Crippen molar-refractivity contribution in [1.82, 2.24) is 9.88 Å². The lowest BCUT2D eigenvalue weighted by Crippen LogP contribution is -2.64. The van der Waals surface area contributed by atoms with Crippen LogP contribution < -0.4 is 14.9 Å². The number of aliphatic hydroxyl groups is 1. The van der Waals surface area contributed by atoms with E-state index in [1.54, 1.807) is 25.4 Å². The number of rotatable bonds is 4. The molecule has 2 aliphatic heterocycles. The lowest BCUT2D eigenvalue weighted by molar-refractivity contribution is -0.0452. The van der Waals surface area contributed by atoms with Crippen LogP contribution in [-0.4, -0.2) is 59.7 Å². The van der Waals surface area contributed by atoms with Gasteiger partial charge in [-0.15, -0.1) is 0 Å². The predicted molar refractivity (Wildman–Crippen MR) is 122 cm³/mol. The first-order valence-electron chi connectivity index (χ1n) is 11.2. The molecule has 1 saturated heterocycles. The molecule has 5 atom stereocenters. The van der Waals surface area contributed by atoms with E-state index in [0.29, 0.717) is 11.4 Å². The molecule has 8 heteroatoms. The largest absolute Gasteiger partial charge is 0.493 e. The van der Waals surface area contributed by atoms with E-state index in [4.69, 9.17) is 9.47 Å². The number of pyridine rings is 1. The quantitative estimate of drug-likeness (QED) is 0.424. The second-order valence-corrected chi connectivity index (χ2v) is 9.19. The number of methoxy groups -OCH3 is 1. The monoisotopic (exact) mass is 443 g/mol. The number of likely N-dealkylation sites (N-methyl/N-ethyl adjacent to an activating group) is 1. The van der Waals surface area contributed by atoms with Gasteiger partial charge in [0.25, 0.3) is 0 Å². The molecular weight excluding hydrogens is 418 g/mol. The maximum atomic E-state index is 10.9. The van der Waals surface area contributed by atoms with Crippen molar-refractivity contribution in [3.8, 4) is 17.6 Å². The van der Waals surface area contributed by atoms with Gasteiger partial charge in [0.05, 0.1) is 12.8 Å². The molecule has 4 aliphatic rings. The number of nitriles is 1. The number of likely N-dealkylation sites (tertiary alicyclic amines) is 1. The topological polar surface area (TPSA) is 103 Å². The number of hydrogen-bond acceptors (Lipinski definition) is 8. The van der Waals surface area contributed by atoms with Gasteiger partial charge >= 0.3 is 0 Å². The summed E-state index contributed by atoms with van der Waals surface area (Å²) in [6.07, 6.45) is 6.41. The predicted octanol–water partition coefficient (Wildman–Crippen LogP) is 2.24. The Balaban J connectivity index is 1.51. The minimum atomic E-state index is -0.669. The molecule has 1 aromatic carbocycles. The molecule has 1 fully saturated rings. The number of aromatic nitrogens is 1. The van der Waals surface area contributed by atoms with Gasteiger partial charge in [0.1, 0.15) is 24.0 Å². The number of nitrogens with zero attached hydrogens (tertiary/aromatic N) is 4. The summed E-state index contributed by atoms with van der Waals surface area (Å²) in [4.78, 5) is 6.65. The van der Waals surface area contributed by atoms with E-state index in [0.717, 1.165) is 42.0 Å². The van der Waals surface area contributed by atoms with Crippen LogP contribution in [0.5, 0.6) is 11.5 Å². The van der Waals surface area contributed by atoms with Crippen LogP contribution in [0.1, 0.15) is 23.2 Å². The van der Waals surface area contributed by atoms with Gasteiger partial charge < -0.3 is 19.5 Å². The van der Waals surface area contributed by atoms with E-state index >= 15 is 0 Å². The Bertz CT molecular complexity index is 1220. The molecule has 0 radical (unpaired) electrons. The summed E-state index contributed by atoms with van der Waals surface area (Å²) in [5.41, 5.74) is 6.58. The highest BCUT2D eigenvalue weighted by atomic mass is 16.5. The Labute approximate surface area is 192 Å².